The molecule has 0 spiro atoms. The van der Waals surface area contributed by atoms with Crippen molar-refractivity contribution in [1.82, 2.24) is 0 Å². The van der Waals surface area contributed by atoms with E-state index in [0.29, 0.717) is 0 Å². The predicted octanol–water partition coefficient (Wildman–Crippen LogP) is 1.32. The monoisotopic (exact) mass is 564 g/mol. The fourth-order valence-corrected chi connectivity index (χ4v) is 5.24. The molecule has 216 valence electrons. The molecule has 0 aromatic carbocycles. The third-order valence-corrected chi connectivity index (χ3v) is 6.56. The van der Waals surface area contributed by atoms with Crippen molar-refractivity contribution >= 4 is 47.6 Å². The van der Waals surface area contributed by atoms with Crippen LogP contribution in [-0.4, -0.2) is 90.2 Å². The molecular formula is C24H36O13S. The molecule has 14 heteroatoms. The summed E-state index contributed by atoms with van der Waals surface area (Å²) in [6.45, 7) is 10.4. The molecule has 1 heterocycles. The van der Waals surface area contributed by atoms with Gasteiger partial charge in [0.25, 0.3) is 0 Å². The number of ether oxygens (including phenoxy) is 7. The zero-order valence-electron chi connectivity index (χ0n) is 22.8. The molecule has 0 radical (unpaired) electrons. The van der Waals surface area contributed by atoms with Crippen molar-refractivity contribution in [2.45, 2.75) is 90.0 Å². The molecule has 0 bridgehead atoms. The number of carbonyl (C=O) groups is 6. The quantitative estimate of drug-likeness (QED) is 0.189. The van der Waals surface area contributed by atoms with Crippen LogP contribution in [0.4, 0.5) is 0 Å². The molecule has 1 saturated heterocycles. The van der Waals surface area contributed by atoms with Gasteiger partial charge in [0.05, 0.1) is 13.2 Å². The molecule has 1 aliphatic heterocycles. The van der Waals surface area contributed by atoms with Crippen LogP contribution in [0.2, 0.25) is 0 Å². The minimum absolute atomic E-state index is 0.00847. The zero-order valence-corrected chi connectivity index (χ0v) is 23.6. The summed E-state index contributed by atoms with van der Waals surface area (Å²) in [6.07, 6.45) is -5.24. The maximum absolute atomic E-state index is 12.8. The van der Waals surface area contributed by atoms with E-state index in [1.807, 2.05) is 0 Å². The first-order valence-corrected chi connectivity index (χ1v) is 12.8. The van der Waals surface area contributed by atoms with Gasteiger partial charge in [-0.3, -0.25) is 28.8 Å². The number of hydrogen-bond acceptors (Lipinski definition) is 14. The second-order valence-electron chi connectivity index (χ2n) is 8.73. The molecular weight excluding hydrogens is 528 g/mol. The summed E-state index contributed by atoms with van der Waals surface area (Å²) >= 11 is 0.906. The van der Waals surface area contributed by atoms with Gasteiger partial charge in [-0.15, -0.1) is 11.8 Å². The summed E-state index contributed by atoms with van der Waals surface area (Å²) in [7, 11) is 0. The van der Waals surface area contributed by atoms with Gasteiger partial charge in [-0.05, 0) is 27.7 Å². The largest absolute Gasteiger partial charge is 0.465 e. The molecule has 0 N–H and O–H groups in total. The molecule has 0 aromatic heterocycles. The number of hydrogen-bond donors (Lipinski definition) is 0. The number of rotatable bonds is 12. The molecule has 0 aromatic rings. The number of esters is 6. The van der Waals surface area contributed by atoms with Crippen LogP contribution < -0.4 is 0 Å². The Hall–Kier alpha value is -2.87. The summed E-state index contributed by atoms with van der Waals surface area (Å²) in [5, 5.41) is 0. The summed E-state index contributed by atoms with van der Waals surface area (Å²) in [5.74, 6) is -6.07. The van der Waals surface area contributed by atoms with Crippen molar-refractivity contribution in [3.63, 3.8) is 0 Å². The van der Waals surface area contributed by atoms with Gasteiger partial charge in [-0.2, -0.15) is 0 Å². The molecule has 0 unspecified atom stereocenters. The van der Waals surface area contributed by atoms with Crippen LogP contribution in [0.3, 0.4) is 0 Å². The molecule has 13 nitrogen and oxygen atoms in total. The Bertz CT molecular complexity index is 869. The van der Waals surface area contributed by atoms with Crippen LogP contribution in [0.1, 0.15) is 55.4 Å². The molecule has 1 fully saturated rings. The lowest BCUT2D eigenvalue weighted by Gasteiger charge is -2.46. The lowest BCUT2D eigenvalue weighted by Crippen LogP contribution is -2.62. The second-order valence-corrected chi connectivity index (χ2v) is 10.5. The van der Waals surface area contributed by atoms with Crippen molar-refractivity contribution in [1.29, 1.82) is 0 Å². The highest BCUT2D eigenvalue weighted by Crippen LogP contribution is 2.43. The summed E-state index contributed by atoms with van der Waals surface area (Å²) in [6, 6.07) is 0. The maximum Gasteiger partial charge on any atom is 0.321 e. The van der Waals surface area contributed by atoms with E-state index >= 15 is 0 Å². The van der Waals surface area contributed by atoms with E-state index in [1.54, 1.807) is 27.7 Å². The minimum Gasteiger partial charge on any atom is -0.465 e. The third kappa shape index (κ3) is 9.78. The highest BCUT2D eigenvalue weighted by atomic mass is 32.2. The van der Waals surface area contributed by atoms with Gasteiger partial charge < -0.3 is 33.2 Å². The Morgan fingerprint density at radius 3 is 1.58 bits per heavy atom. The Labute approximate surface area is 225 Å². The first-order valence-electron chi connectivity index (χ1n) is 12.0. The Morgan fingerprint density at radius 1 is 0.711 bits per heavy atom. The van der Waals surface area contributed by atoms with Gasteiger partial charge in [0.2, 0.25) is 0 Å². The van der Waals surface area contributed by atoms with Crippen molar-refractivity contribution in [3.8, 4) is 0 Å². The standard InChI is InChI=1S/C24H36O13S/c1-9-31-21(29)17(22(30)32-10-2)24(7,8)38-23-20(36-15(6)28)19(35-14(5)27)18(34-13(4)26)16(37-23)11-33-12(3)25/h16-20,23H,9-11H2,1-8H3/t16-,18-,19+,20+,23-/m1/s1. The first kappa shape index (κ1) is 33.2. The lowest BCUT2D eigenvalue weighted by atomic mass is 9.95. The minimum atomic E-state index is -1.42. The number of carbonyl (C=O) groups excluding carboxylic acids is 6. The molecule has 5 atom stereocenters. The molecule has 0 amide bonds. The topological polar surface area (TPSA) is 167 Å². The van der Waals surface area contributed by atoms with E-state index in [2.05, 4.69) is 0 Å². The van der Waals surface area contributed by atoms with Crippen molar-refractivity contribution in [2.24, 2.45) is 5.92 Å². The fraction of sp³-hybridized carbons (Fsp3) is 0.750. The third-order valence-electron chi connectivity index (χ3n) is 5.11. The van der Waals surface area contributed by atoms with E-state index in [1.165, 1.54) is 0 Å². The van der Waals surface area contributed by atoms with Crippen LogP contribution in [-0.2, 0) is 61.9 Å². The normalized spacial score (nSPS) is 23.1. The smallest absolute Gasteiger partial charge is 0.321 e. The SMILES string of the molecule is CCOC(=O)C(C(=O)OCC)C(C)(C)S[C@H]1O[C@H](COC(C)=O)[C@@H](OC(C)=O)[C@H](OC(C)=O)[C@@H]1OC(C)=O. The highest BCUT2D eigenvalue weighted by Gasteiger charge is 2.55. The van der Waals surface area contributed by atoms with Crippen LogP contribution >= 0.6 is 11.8 Å². The lowest BCUT2D eigenvalue weighted by molar-refractivity contribution is -0.237. The van der Waals surface area contributed by atoms with Gasteiger partial charge in [-0.25, -0.2) is 0 Å². The second kappa shape index (κ2) is 14.9. The summed E-state index contributed by atoms with van der Waals surface area (Å²) in [4.78, 5) is 73.0. The van der Waals surface area contributed by atoms with E-state index in [-0.39, 0.29) is 13.2 Å². The maximum atomic E-state index is 12.8. The van der Waals surface area contributed by atoms with E-state index in [0.717, 1.165) is 39.5 Å². The highest BCUT2D eigenvalue weighted by molar-refractivity contribution is 8.01. The predicted molar refractivity (Wildman–Crippen MR) is 130 cm³/mol. The Kier molecular flexibility index (Phi) is 13.0. The summed E-state index contributed by atoms with van der Waals surface area (Å²) in [5.41, 5.74) is -1.20. The zero-order chi connectivity index (χ0) is 29.2. The van der Waals surface area contributed by atoms with Gasteiger partial charge in [0.15, 0.2) is 24.2 Å². The molecule has 0 aliphatic carbocycles. The van der Waals surface area contributed by atoms with Crippen LogP contribution in [0, 0.1) is 5.92 Å². The van der Waals surface area contributed by atoms with Gasteiger partial charge in [-0.1, -0.05) is 0 Å². The summed E-state index contributed by atoms with van der Waals surface area (Å²) < 4.78 is 36.3. The van der Waals surface area contributed by atoms with E-state index < -0.39 is 82.9 Å². The van der Waals surface area contributed by atoms with Gasteiger partial charge >= 0.3 is 35.8 Å². The van der Waals surface area contributed by atoms with Crippen molar-refractivity contribution in [2.75, 3.05) is 19.8 Å². The van der Waals surface area contributed by atoms with Crippen molar-refractivity contribution < 1.29 is 61.9 Å². The molecule has 0 saturated carbocycles. The molecule has 1 aliphatic rings. The first-order chi connectivity index (χ1) is 17.6. The average Bonchev–Trinajstić information content (AvgIpc) is 2.75. The van der Waals surface area contributed by atoms with Crippen LogP contribution in [0.15, 0.2) is 0 Å². The number of thioether (sulfide) groups is 1. The van der Waals surface area contributed by atoms with Crippen LogP contribution in [0.5, 0.6) is 0 Å². The van der Waals surface area contributed by atoms with Gasteiger partial charge in [0, 0.05) is 32.4 Å². The average molecular weight is 565 g/mol. The Balaban J connectivity index is 3.58. The molecule has 38 heavy (non-hydrogen) atoms. The Morgan fingerprint density at radius 2 is 1.16 bits per heavy atom. The van der Waals surface area contributed by atoms with E-state index in [9.17, 15) is 28.8 Å². The van der Waals surface area contributed by atoms with Crippen LogP contribution in [0.25, 0.3) is 0 Å². The van der Waals surface area contributed by atoms with E-state index in [4.69, 9.17) is 33.2 Å². The van der Waals surface area contributed by atoms with Crippen molar-refractivity contribution in [3.05, 3.63) is 0 Å². The molecule has 1 rings (SSSR count). The van der Waals surface area contributed by atoms with Gasteiger partial charge in [0.1, 0.15) is 18.1 Å². The fourth-order valence-electron chi connectivity index (χ4n) is 3.77.